The fourth-order valence-corrected chi connectivity index (χ4v) is 3.96. The van der Waals surface area contributed by atoms with E-state index in [0.717, 1.165) is 5.56 Å². The summed E-state index contributed by atoms with van der Waals surface area (Å²) in [6.45, 7) is 0.0925. The first kappa shape index (κ1) is 14.4. The second kappa shape index (κ2) is 5.98. The molecule has 1 aliphatic heterocycles. The molecule has 106 valence electrons. The van der Waals surface area contributed by atoms with Crippen molar-refractivity contribution in [3.05, 3.63) is 35.9 Å². The summed E-state index contributed by atoms with van der Waals surface area (Å²) in [5.41, 5.74) is 7.10. The zero-order valence-corrected chi connectivity index (χ0v) is 11.5. The second-order valence-electron chi connectivity index (χ2n) is 4.86. The van der Waals surface area contributed by atoms with Crippen molar-refractivity contribution in [2.24, 2.45) is 5.73 Å². The number of nitrogens with zero attached hydrogens (tertiary/aromatic N) is 1. The van der Waals surface area contributed by atoms with Gasteiger partial charge in [0.15, 0.2) is 0 Å². The van der Waals surface area contributed by atoms with Crippen LogP contribution < -0.4 is 5.73 Å². The number of sulfonamides is 1. The average molecular weight is 286 g/mol. The monoisotopic (exact) mass is 286 g/mol. The highest BCUT2D eigenvalue weighted by Crippen LogP contribution is 2.28. The van der Waals surface area contributed by atoms with E-state index in [-0.39, 0.29) is 24.1 Å². The number of benzene rings is 1. The van der Waals surface area contributed by atoms with Crippen LogP contribution in [-0.2, 0) is 10.0 Å². The third-order valence-corrected chi connectivity index (χ3v) is 5.38. The predicted octanol–water partition coefficient (Wildman–Crippen LogP) is 1.10. The molecule has 1 aromatic rings. The van der Waals surface area contributed by atoms with Crippen LogP contribution in [0.15, 0.2) is 30.3 Å². The molecule has 0 aromatic heterocycles. The summed E-state index contributed by atoms with van der Waals surface area (Å²) in [7, 11) is -3.38. The highest BCUT2D eigenvalue weighted by Gasteiger charge is 2.37. The van der Waals surface area contributed by atoms with E-state index < -0.39 is 16.7 Å². The fourth-order valence-electron chi connectivity index (χ4n) is 2.44. The summed E-state index contributed by atoms with van der Waals surface area (Å²) < 4.78 is 37.6. The van der Waals surface area contributed by atoms with Gasteiger partial charge in [-0.1, -0.05) is 30.3 Å². The molecule has 0 amide bonds. The standard InChI is InChI=1S/C13H19FN2O2S/c14-7-4-8-19(17,18)16-9-12(13(15)10-16)11-5-2-1-3-6-11/h1-3,5-6,12-13H,4,7-10,15H2/t12-,13+/m0/s1. The minimum Gasteiger partial charge on any atom is -0.326 e. The molecule has 0 unspecified atom stereocenters. The lowest BCUT2D eigenvalue weighted by molar-refractivity contribution is 0.453. The van der Waals surface area contributed by atoms with Crippen LogP contribution in [0.5, 0.6) is 0 Å². The van der Waals surface area contributed by atoms with Gasteiger partial charge in [-0.15, -0.1) is 0 Å². The lowest BCUT2D eigenvalue weighted by atomic mass is 9.95. The van der Waals surface area contributed by atoms with Gasteiger partial charge in [0.05, 0.1) is 12.4 Å². The highest BCUT2D eigenvalue weighted by molar-refractivity contribution is 7.89. The molecule has 1 heterocycles. The van der Waals surface area contributed by atoms with Crippen molar-refractivity contribution >= 4 is 10.0 Å². The molecule has 0 bridgehead atoms. The topological polar surface area (TPSA) is 63.4 Å². The Bertz CT molecular complexity index is 507. The van der Waals surface area contributed by atoms with Crippen LogP contribution >= 0.6 is 0 Å². The molecule has 0 radical (unpaired) electrons. The van der Waals surface area contributed by atoms with Crippen molar-refractivity contribution in [1.82, 2.24) is 4.31 Å². The minimum atomic E-state index is -3.38. The molecule has 1 saturated heterocycles. The lowest BCUT2D eigenvalue weighted by Crippen LogP contribution is -2.33. The SMILES string of the molecule is N[C@@H]1CN(S(=O)(=O)CCCF)C[C@H]1c1ccccc1. The van der Waals surface area contributed by atoms with Gasteiger partial charge in [-0.25, -0.2) is 8.42 Å². The van der Waals surface area contributed by atoms with E-state index in [2.05, 4.69) is 0 Å². The average Bonchev–Trinajstić information content (AvgIpc) is 2.80. The molecule has 2 rings (SSSR count). The van der Waals surface area contributed by atoms with Gasteiger partial charge in [0.25, 0.3) is 0 Å². The number of alkyl halides is 1. The van der Waals surface area contributed by atoms with E-state index in [9.17, 15) is 12.8 Å². The third kappa shape index (κ3) is 3.32. The number of nitrogens with two attached hydrogens (primary N) is 1. The highest BCUT2D eigenvalue weighted by atomic mass is 32.2. The van der Waals surface area contributed by atoms with Gasteiger partial charge in [-0.2, -0.15) is 4.31 Å². The summed E-state index contributed by atoms with van der Waals surface area (Å²) >= 11 is 0. The van der Waals surface area contributed by atoms with Crippen LogP contribution in [0, 0.1) is 0 Å². The number of rotatable bonds is 5. The molecule has 0 spiro atoms. The minimum absolute atomic E-state index is 0.0151. The Labute approximate surface area is 113 Å². The van der Waals surface area contributed by atoms with Gasteiger partial charge in [-0.05, 0) is 12.0 Å². The van der Waals surface area contributed by atoms with Crippen LogP contribution in [0.2, 0.25) is 0 Å². The zero-order chi connectivity index (χ0) is 13.9. The Kier molecular flexibility index (Phi) is 4.54. The van der Waals surface area contributed by atoms with E-state index in [1.165, 1.54) is 4.31 Å². The Morgan fingerprint density at radius 3 is 2.58 bits per heavy atom. The number of halogens is 1. The first-order valence-electron chi connectivity index (χ1n) is 6.39. The van der Waals surface area contributed by atoms with Gasteiger partial charge in [0.1, 0.15) is 0 Å². The smallest absolute Gasteiger partial charge is 0.214 e. The van der Waals surface area contributed by atoms with Crippen LogP contribution in [0.3, 0.4) is 0 Å². The quantitative estimate of drug-likeness (QED) is 0.881. The Morgan fingerprint density at radius 2 is 1.95 bits per heavy atom. The first-order valence-corrected chi connectivity index (χ1v) is 8.00. The van der Waals surface area contributed by atoms with E-state index in [1.807, 2.05) is 30.3 Å². The normalized spacial score (nSPS) is 24.7. The molecular formula is C13H19FN2O2S. The molecule has 0 aliphatic carbocycles. The van der Waals surface area contributed by atoms with Gasteiger partial charge in [-0.3, -0.25) is 4.39 Å². The molecular weight excluding hydrogens is 267 g/mol. The maximum Gasteiger partial charge on any atom is 0.214 e. The summed E-state index contributed by atoms with van der Waals surface area (Å²) in [5, 5.41) is 0. The van der Waals surface area contributed by atoms with Gasteiger partial charge in [0, 0.05) is 25.0 Å². The van der Waals surface area contributed by atoms with E-state index in [0.29, 0.717) is 13.1 Å². The van der Waals surface area contributed by atoms with Gasteiger partial charge >= 0.3 is 0 Å². The van der Waals surface area contributed by atoms with Crippen molar-refractivity contribution in [3.8, 4) is 0 Å². The summed E-state index contributed by atoms with van der Waals surface area (Å²) in [6.07, 6.45) is 0.0457. The zero-order valence-electron chi connectivity index (χ0n) is 10.7. The van der Waals surface area contributed by atoms with Crippen LogP contribution in [0.25, 0.3) is 0 Å². The van der Waals surface area contributed by atoms with Crippen LogP contribution in [0.4, 0.5) is 4.39 Å². The first-order chi connectivity index (χ1) is 9.04. The fraction of sp³-hybridized carbons (Fsp3) is 0.538. The lowest BCUT2D eigenvalue weighted by Gasteiger charge is -2.16. The Hall–Kier alpha value is -0.980. The van der Waals surface area contributed by atoms with Gasteiger partial charge < -0.3 is 5.73 Å². The second-order valence-corrected chi connectivity index (χ2v) is 6.95. The summed E-state index contributed by atoms with van der Waals surface area (Å²) in [5.74, 6) is -0.126. The molecule has 4 nitrogen and oxygen atoms in total. The molecule has 6 heteroatoms. The van der Waals surface area contributed by atoms with Crippen molar-refractivity contribution in [2.45, 2.75) is 18.4 Å². The Morgan fingerprint density at radius 1 is 1.26 bits per heavy atom. The van der Waals surface area contributed by atoms with E-state index in [1.54, 1.807) is 0 Å². The van der Waals surface area contributed by atoms with Crippen LogP contribution in [-0.4, -0.2) is 44.3 Å². The molecule has 1 aliphatic rings. The molecule has 2 N–H and O–H groups in total. The molecule has 0 saturated carbocycles. The maximum atomic E-state index is 12.1. The van der Waals surface area contributed by atoms with Gasteiger partial charge in [0.2, 0.25) is 10.0 Å². The van der Waals surface area contributed by atoms with E-state index >= 15 is 0 Å². The third-order valence-electron chi connectivity index (χ3n) is 3.49. The molecule has 1 fully saturated rings. The Balaban J connectivity index is 2.09. The molecule has 2 atom stereocenters. The number of hydrogen-bond donors (Lipinski definition) is 1. The van der Waals surface area contributed by atoms with E-state index in [4.69, 9.17) is 5.73 Å². The van der Waals surface area contributed by atoms with Crippen molar-refractivity contribution in [3.63, 3.8) is 0 Å². The maximum absolute atomic E-state index is 12.1. The molecule has 19 heavy (non-hydrogen) atoms. The predicted molar refractivity (Wildman–Crippen MR) is 73.1 cm³/mol. The van der Waals surface area contributed by atoms with Crippen molar-refractivity contribution < 1.29 is 12.8 Å². The van der Waals surface area contributed by atoms with Crippen molar-refractivity contribution in [2.75, 3.05) is 25.5 Å². The largest absolute Gasteiger partial charge is 0.326 e. The summed E-state index contributed by atoms with van der Waals surface area (Å²) in [6, 6.07) is 9.47. The van der Waals surface area contributed by atoms with Crippen LogP contribution in [0.1, 0.15) is 17.9 Å². The number of hydrogen-bond acceptors (Lipinski definition) is 3. The molecule has 1 aromatic carbocycles. The van der Waals surface area contributed by atoms with Crippen molar-refractivity contribution in [1.29, 1.82) is 0 Å². The summed E-state index contributed by atoms with van der Waals surface area (Å²) in [4.78, 5) is 0.